The van der Waals surface area contributed by atoms with E-state index in [9.17, 15) is 22.7 Å². The van der Waals surface area contributed by atoms with Crippen molar-refractivity contribution in [1.82, 2.24) is 9.62 Å². The van der Waals surface area contributed by atoms with Crippen LogP contribution in [-0.2, 0) is 14.8 Å². The highest BCUT2D eigenvalue weighted by molar-refractivity contribution is 7.89. The zero-order valence-electron chi connectivity index (χ0n) is 12.3. The van der Waals surface area contributed by atoms with Crippen molar-refractivity contribution in [2.45, 2.75) is 29.8 Å². The van der Waals surface area contributed by atoms with Gasteiger partial charge in [-0.25, -0.2) is 12.8 Å². The van der Waals surface area contributed by atoms with E-state index in [0.29, 0.717) is 12.8 Å². The molecule has 22 heavy (non-hydrogen) atoms. The molecule has 1 aliphatic rings. The van der Waals surface area contributed by atoms with E-state index in [4.69, 9.17) is 0 Å². The fourth-order valence-corrected chi connectivity index (χ4v) is 4.22. The Morgan fingerprint density at radius 1 is 1.45 bits per heavy atom. The number of benzene rings is 1. The molecule has 1 saturated heterocycles. The lowest BCUT2D eigenvalue weighted by molar-refractivity contribution is -0.127. The first kappa shape index (κ1) is 16.9. The van der Waals surface area contributed by atoms with Crippen LogP contribution >= 0.6 is 0 Å². The molecule has 1 amide bonds. The highest BCUT2D eigenvalue weighted by Crippen LogP contribution is 2.29. The molecule has 1 atom stereocenters. The third-order valence-electron chi connectivity index (χ3n) is 3.74. The molecule has 1 aliphatic heterocycles. The number of nitrogens with zero attached hydrogens (tertiary/aromatic N) is 1. The molecule has 2 rings (SSSR count). The van der Waals surface area contributed by atoms with Crippen molar-refractivity contribution in [3.05, 3.63) is 30.1 Å². The highest BCUT2D eigenvalue weighted by Gasteiger charge is 2.40. The number of nitrogens with one attached hydrogen (secondary N) is 1. The van der Waals surface area contributed by atoms with Gasteiger partial charge in [-0.2, -0.15) is 4.31 Å². The average Bonchev–Trinajstić information content (AvgIpc) is 2.47. The Balaban J connectivity index is 2.25. The first-order valence-corrected chi connectivity index (χ1v) is 8.40. The molecule has 0 radical (unpaired) electrons. The molecular formula is C14H19FN2O4S. The molecule has 122 valence electrons. The Morgan fingerprint density at radius 2 is 2.14 bits per heavy atom. The zero-order chi connectivity index (χ0) is 16.4. The largest absolute Gasteiger partial charge is 0.388 e. The lowest BCUT2D eigenvalue weighted by Gasteiger charge is -2.38. The summed E-state index contributed by atoms with van der Waals surface area (Å²) < 4.78 is 39.9. The number of carbonyl (C=O) groups excluding carboxylic acids is 1. The number of carbonyl (C=O) groups is 1. The van der Waals surface area contributed by atoms with Gasteiger partial charge in [-0.15, -0.1) is 0 Å². The van der Waals surface area contributed by atoms with E-state index in [0.717, 1.165) is 10.4 Å². The molecule has 1 aromatic rings. The lowest BCUT2D eigenvalue weighted by atomic mass is 9.90. The van der Waals surface area contributed by atoms with Crippen LogP contribution in [0.3, 0.4) is 0 Å². The van der Waals surface area contributed by atoms with Gasteiger partial charge in [0.05, 0.1) is 12.0 Å². The molecule has 1 fully saturated rings. The number of rotatable bonds is 4. The normalized spacial score (nSPS) is 23.2. The Labute approximate surface area is 129 Å². The summed E-state index contributed by atoms with van der Waals surface area (Å²) in [5.41, 5.74) is -1.43. The van der Waals surface area contributed by atoms with Crippen molar-refractivity contribution in [2.75, 3.05) is 20.1 Å². The van der Waals surface area contributed by atoms with Gasteiger partial charge in [-0.3, -0.25) is 4.79 Å². The average molecular weight is 330 g/mol. The molecular weight excluding hydrogens is 311 g/mol. The van der Waals surface area contributed by atoms with Gasteiger partial charge in [0.15, 0.2) is 0 Å². The fourth-order valence-electron chi connectivity index (χ4n) is 2.60. The zero-order valence-corrected chi connectivity index (χ0v) is 13.1. The van der Waals surface area contributed by atoms with Crippen LogP contribution in [0.15, 0.2) is 29.2 Å². The Hall–Kier alpha value is -1.51. The monoisotopic (exact) mass is 330 g/mol. The Morgan fingerprint density at radius 3 is 2.77 bits per heavy atom. The molecule has 1 unspecified atom stereocenters. The molecule has 6 nitrogen and oxygen atoms in total. The third-order valence-corrected chi connectivity index (χ3v) is 5.62. The minimum Gasteiger partial charge on any atom is -0.388 e. The van der Waals surface area contributed by atoms with Gasteiger partial charge in [0.2, 0.25) is 15.9 Å². The van der Waals surface area contributed by atoms with Crippen molar-refractivity contribution < 1.29 is 22.7 Å². The minimum atomic E-state index is -4.04. The number of hydrogen-bond acceptors (Lipinski definition) is 4. The predicted octanol–water partition coefficient (Wildman–Crippen LogP) is 0.477. The summed E-state index contributed by atoms with van der Waals surface area (Å²) in [5.74, 6) is -1.20. The lowest BCUT2D eigenvalue weighted by Crippen LogP contribution is -2.52. The van der Waals surface area contributed by atoms with Gasteiger partial charge in [-0.1, -0.05) is 12.1 Å². The molecule has 0 spiro atoms. The molecule has 2 N–H and O–H groups in total. The molecule has 0 aliphatic carbocycles. The summed E-state index contributed by atoms with van der Waals surface area (Å²) in [4.78, 5) is 11.0. The summed E-state index contributed by atoms with van der Waals surface area (Å²) in [5, 5.41) is 12.9. The van der Waals surface area contributed by atoms with Crippen molar-refractivity contribution in [3.8, 4) is 0 Å². The van der Waals surface area contributed by atoms with Gasteiger partial charge in [0.1, 0.15) is 10.7 Å². The van der Waals surface area contributed by atoms with E-state index < -0.39 is 26.3 Å². The van der Waals surface area contributed by atoms with Crippen LogP contribution in [0.1, 0.15) is 19.3 Å². The van der Waals surface area contributed by atoms with E-state index in [1.165, 1.54) is 25.2 Å². The highest BCUT2D eigenvalue weighted by atomic mass is 32.2. The summed E-state index contributed by atoms with van der Waals surface area (Å²) in [7, 11) is -2.59. The van der Waals surface area contributed by atoms with Gasteiger partial charge < -0.3 is 10.4 Å². The number of aliphatic hydroxyl groups is 1. The van der Waals surface area contributed by atoms with E-state index in [-0.39, 0.29) is 25.4 Å². The third kappa shape index (κ3) is 3.45. The SMILES string of the molecule is CNC(=O)CC1(O)CCCN(S(=O)(=O)c2ccccc2F)C1. The minimum absolute atomic E-state index is 0.187. The maximum atomic E-state index is 13.8. The molecule has 1 aromatic carbocycles. The molecule has 0 saturated carbocycles. The van der Waals surface area contributed by atoms with Gasteiger partial charge >= 0.3 is 0 Å². The first-order valence-electron chi connectivity index (χ1n) is 6.96. The van der Waals surface area contributed by atoms with Crippen LogP contribution < -0.4 is 5.32 Å². The maximum Gasteiger partial charge on any atom is 0.246 e. The summed E-state index contributed by atoms with van der Waals surface area (Å²) >= 11 is 0. The van der Waals surface area contributed by atoms with Gasteiger partial charge in [0, 0.05) is 20.1 Å². The Bertz CT molecular complexity index is 665. The number of piperidine rings is 1. The Kier molecular flexibility index (Phi) is 4.84. The van der Waals surface area contributed by atoms with Crippen molar-refractivity contribution in [3.63, 3.8) is 0 Å². The maximum absolute atomic E-state index is 13.8. The van der Waals surface area contributed by atoms with Gasteiger partial charge in [-0.05, 0) is 25.0 Å². The molecule has 1 heterocycles. The number of hydrogen-bond donors (Lipinski definition) is 2. The second-order valence-corrected chi connectivity index (χ2v) is 7.35. The van der Waals surface area contributed by atoms with Crippen molar-refractivity contribution >= 4 is 15.9 Å². The van der Waals surface area contributed by atoms with Crippen molar-refractivity contribution in [2.24, 2.45) is 0 Å². The van der Waals surface area contributed by atoms with E-state index >= 15 is 0 Å². The quantitative estimate of drug-likeness (QED) is 0.840. The fraction of sp³-hybridized carbons (Fsp3) is 0.500. The van der Waals surface area contributed by atoms with E-state index in [1.807, 2.05) is 0 Å². The van der Waals surface area contributed by atoms with Crippen LogP contribution in [0, 0.1) is 5.82 Å². The van der Waals surface area contributed by atoms with Crippen LogP contribution in [0.25, 0.3) is 0 Å². The van der Waals surface area contributed by atoms with Crippen LogP contribution in [0.2, 0.25) is 0 Å². The summed E-state index contributed by atoms with van der Waals surface area (Å²) in [6.07, 6.45) is 0.539. The van der Waals surface area contributed by atoms with Crippen LogP contribution in [0.5, 0.6) is 0 Å². The summed E-state index contributed by atoms with van der Waals surface area (Å²) in [6.45, 7) is -0.0379. The standard InChI is InChI=1S/C14H19FN2O4S/c1-16-13(18)9-14(19)7-4-8-17(10-14)22(20,21)12-6-3-2-5-11(12)15/h2-3,5-6,19H,4,7-10H2,1H3,(H,16,18). The number of halogens is 1. The first-order chi connectivity index (χ1) is 10.3. The molecule has 0 aromatic heterocycles. The summed E-state index contributed by atoms with van der Waals surface area (Å²) in [6, 6.07) is 5.12. The van der Waals surface area contributed by atoms with Crippen LogP contribution in [0.4, 0.5) is 4.39 Å². The topological polar surface area (TPSA) is 86.7 Å². The number of sulfonamides is 1. The second-order valence-electron chi connectivity index (χ2n) is 5.45. The molecule has 8 heteroatoms. The van der Waals surface area contributed by atoms with Crippen LogP contribution in [-0.4, -0.2) is 49.5 Å². The predicted molar refractivity (Wildman–Crippen MR) is 78.0 cm³/mol. The van der Waals surface area contributed by atoms with Gasteiger partial charge in [0.25, 0.3) is 0 Å². The van der Waals surface area contributed by atoms with E-state index in [2.05, 4.69) is 5.32 Å². The smallest absolute Gasteiger partial charge is 0.246 e. The molecule has 0 bridgehead atoms. The number of β-amino-alcohol motifs (C(OH)–C–C–N with tert-alkyl or cyclic N) is 1. The second kappa shape index (κ2) is 6.31. The van der Waals surface area contributed by atoms with E-state index in [1.54, 1.807) is 0 Å². The number of amides is 1. The van der Waals surface area contributed by atoms with Crippen molar-refractivity contribution in [1.29, 1.82) is 0 Å².